The summed E-state index contributed by atoms with van der Waals surface area (Å²) in [7, 11) is 0. The van der Waals surface area contributed by atoms with Crippen molar-refractivity contribution in [2.24, 2.45) is 5.92 Å². The molecule has 19 heavy (non-hydrogen) atoms. The van der Waals surface area contributed by atoms with Gasteiger partial charge in [-0.05, 0) is 37.0 Å². The molecule has 98 valence electrons. The van der Waals surface area contributed by atoms with Crippen molar-refractivity contribution >= 4 is 17.6 Å². The van der Waals surface area contributed by atoms with Crippen LogP contribution in [0.1, 0.15) is 28.8 Å². The number of allylic oxidation sites excluding steroid dienone is 2. The van der Waals surface area contributed by atoms with Gasteiger partial charge in [0.1, 0.15) is 0 Å². The second-order valence-corrected chi connectivity index (χ2v) is 5.03. The van der Waals surface area contributed by atoms with Crippen LogP contribution in [0.5, 0.6) is 0 Å². The second-order valence-electron chi connectivity index (χ2n) is 5.03. The summed E-state index contributed by atoms with van der Waals surface area (Å²) in [5.74, 6) is -0.810. The zero-order valence-corrected chi connectivity index (χ0v) is 10.5. The number of benzene rings is 1. The first kappa shape index (κ1) is 12.0. The Morgan fingerprint density at radius 3 is 2.63 bits per heavy atom. The summed E-state index contributed by atoms with van der Waals surface area (Å²) in [6, 6.07) is 5.04. The fraction of sp³-hybridized carbons (Fsp3) is 0.333. The molecular formula is C15H15NO3. The monoisotopic (exact) mass is 257 g/mol. The Labute approximate surface area is 111 Å². The van der Waals surface area contributed by atoms with E-state index in [0.29, 0.717) is 6.54 Å². The van der Waals surface area contributed by atoms with Gasteiger partial charge < -0.3 is 10.0 Å². The van der Waals surface area contributed by atoms with Gasteiger partial charge in [-0.1, -0.05) is 18.2 Å². The molecule has 0 saturated heterocycles. The molecule has 0 radical (unpaired) electrons. The van der Waals surface area contributed by atoms with Crippen molar-refractivity contribution in [2.75, 3.05) is 11.4 Å². The standard InChI is InChI=1S/C15H15NO3/c17-14(11-3-1-2-4-11)16-8-7-10-5-6-12(15(18)19)9-13(10)16/h1-2,5-6,9,11H,3-4,7-8H2,(H,18,19). The smallest absolute Gasteiger partial charge is 0.335 e. The van der Waals surface area contributed by atoms with Gasteiger partial charge in [0.25, 0.3) is 0 Å². The largest absolute Gasteiger partial charge is 0.478 e. The lowest BCUT2D eigenvalue weighted by atomic mass is 10.1. The highest BCUT2D eigenvalue weighted by molar-refractivity contribution is 5.99. The van der Waals surface area contributed by atoms with Crippen molar-refractivity contribution < 1.29 is 14.7 Å². The van der Waals surface area contributed by atoms with Crippen LogP contribution in [0, 0.1) is 5.92 Å². The molecule has 3 rings (SSSR count). The first-order valence-corrected chi connectivity index (χ1v) is 6.49. The lowest BCUT2D eigenvalue weighted by Crippen LogP contribution is -2.34. The molecule has 1 aliphatic heterocycles. The van der Waals surface area contributed by atoms with Crippen LogP contribution >= 0.6 is 0 Å². The molecule has 1 aromatic rings. The number of carbonyl (C=O) groups excluding carboxylic acids is 1. The maximum absolute atomic E-state index is 12.4. The SMILES string of the molecule is O=C(O)c1ccc2c(c1)N(C(=O)C1CC=CC1)CC2. The fourth-order valence-corrected chi connectivity index (χ4v) is 2.78. The van der Waals surface area contributed by atoms with Crippen LogP contribution in [0.3, 0.4) is 0 Å². The predicted molar refractivity (Wildman–Crippen MR) is 71.3 cm³/mol. The Bertz CT molecular complexity index is 569. The van der Waals surface area contributed by atoms with E-state index in [1.165, 1.54) is 0 Å². The van der Waals surface area contributed by atoms with Gasteiger partial charge in [-0.25, -0.2) is 4.79 Å². The van der Waals surface area contributed by atoms with E-state index in [-0.39, 0.29) is 17.4 Å². The lowest BCUT2D eigenvalue weighted by molar-refractivity contribution is -0.121. The van der Waals surface area contributed by atoms with Crippen molar-refractivity contribution in [2.45, 2.75) is 19.3 Å². The van der Waals surface area contributed by atoms with Gasteiger partial charge in [0.05, 0.1) is 5.56 Å². The van der Waals surface area contributed by atoms with Gasteiger partial charge in [-0.15, -0.1) is 0 Å². The molecule has 1 amide bonds. The number of carbonyl (C=O) groups is 2. The summed E-state index contributed by atoms with van der Waals surface area (Å²) < 4.78 is 0. The number of aromatic carboxylic acids is 1. The molecule has 1 N–H and O–H groups in total. The Morgan fingerprint density at radius 1 is 1.21 bits per heavy atom. The number of carboxylic acids is 1. The quantitative estimate of drug-likeness (QED) is 0.827. The topological polar surface area (TPSA) is 57.6 Å². The van der Waals surface area contributed by atoms with E-state index in [1.807, 2.05) is 18.2 Å². The van der Waals surface area contributed by atoms with E-state index in [0.717, 1.165) is 30.5 Å². The zero-order valence-electron chi connectivity index (χ0n) is 10.5. The summed E-state index contributed by atoms with van der Waals surface area (Å²) in [5, 5.41) is 9.04. The molecule has 4 heteroatoms. The van der Waals surface area contributed by atoms with E-state index < -0.39 is 5.97 Å². The molecule has 1 heterocycles. The van der Waals surface area contributed by atoms with Gasteiger partial charge >= 0.3 is 5.97 Å². The highest BCUT2D eigenvalue weighted by Gasteiger charge is 2.30. The van der Waals surface area contributed by atoms with Gasteiger partial charge in [-0.3, -0.25) is 4.79 Å². The zero-order chi connectivity index (χ0) is 13.4. The van der Waals surface area contributed by atoms with Crippen LogP contribution in [0.4, 0.5) is 5.69 Å². The highest BCUT2D eigenvalue weighted by Crippen LogP contribution is 2.32. The van der Waals surface area contributed by atoms with Gasteiger partial charge in [0, 0.05) is 18.2 Å². The Hall–Kier alpha value is -2.10. The molecule has 0 saturated carbocycles. The number of hydrogen-bond acceptors (Lipinski definition) is 2. The minimum absolute atomic E-state index is 0.0273. The summed E-state index contributed by atoms with van der Waals surface area (Å²) in [5.41, 5.74) is 2.07. The third-order valence-electron chi connectivity index (χ3n) is 3.85. The third-order valence-corrected chi connectivity index (χ3v) is 3.85. The second kappa shape index (κ2) is 4.53. The van der Waals surface area contributed by atoms with Gasteiger partial charge in [-0.2, -0.15) is 0 Å². The first-order valence-electron chi connectivity index (χ1n) is 6.49. The summed E-state index contributed by atoms with van der Waals surface area (Å²) in [6.07, 6.45) is 6.47. The molecule has 0 aromatic heterocycles. The minimum Gasteiger partial charge on any atom is -0.478 e. The third kappa shape index (κ3) is 2.03. The van der Waals surface area contributed by atoms with Crippen molar-refractivity contribution in [1.82, 2.24) is 0 Å². The molecule has 0 bridgehead atoms. The van der Waals surface area contributed by atoms with E-state index in [9.17, 15) is 9.59 Å². The molecule has 1 aliphatic carbocycles. The number of fused-ring (bicyclic) bond motifs is 1. The van der Waals surface area contributed by atoms with Crippen molar-refractivity contribution in [3.8, 4) is 0 Å². The van der Waals surface area contributed by atoms with Crippen molar-refractivity contribution in [3.63, 3.8) is 0 Å². The van der Waals surface area contributed by atoms with E-state index in [2.05, 4.69) is 0 Å². The number of nitrogens with zero attached hydrogens (tertiary/aromatic N) is 1. The molecular weight excluding hydrogens is 242 g/mol. The fourth-order valence-electron chi connectivity index (χ4n) is 2.78. The average molecular weight is 257 g/mol. The highest BCUT2D eigenvalue weighted by atomic mass is 16.4. The summed E-state index contributed by atoms with van der Waals surface area (Å²) in [6.45, 7) is 0.660. The lowest BCUT2D eigenvalue weighted by Gasteiger charge is -2.21. The van der Waals surface area contributed by atoms with Crippen molar-refractivity contribution in [3.05, 3.63) is 41.5 Å². The Morgan fingerprint density at radius 2 is 1.95 bits per heavy atom. The van der Waals surface area contributed by atoms with Crippen LogP contribution in [0.25, 0.3) is 0 Å². The molecule has 2 aliphatic rings. The minimum atomic E-state index is -0.954. The predicted octanol–water partition coefficient (Wildman–Crippen LogP) is 2.24. The van der Waals surface area contributed by atoms with E-state index in [4.69, 9.17) is 5.11 Å². The molecule has 0 atom stereocenters. The van der Waals surface area contributed by atoms with Crippen molar-refractivity contribution in [1.29, 1.82) is 0 Å². The average Bonchev–Trinajstić information content (AvgIpc) is 3.06. The van der Waals surface area contributed by atoms with E-state index in [1.54, 1.807) is 17.0 Å². The summed E-state index contributed by atoms with van der Waals surface area (Å²) in [4.78, 5) is 25.2. The van der Waals surface area contributed by atoms with Crippen LogP contribution < -0.4 is 4.90 Å². The van der Waals surface area contributed by atoms with Crippen LogP contribution in [0.15, 0.2) is 30.4 Å². The first-order chi connectivity index (χ1) is 9.16. The number of anilines is 1. The Balaban J connectivity index is 1.89. The maximum Gasteiger partial charge on any atom is 0.335 e. The van der Waals surface area contributed by atoms with Crippen LogP contribution in [0.2, 0.25) is 0 Å². The van der Waals surface area contributed by atoms with E-state index >= 15 is 0 Å². The van der Waals surface area contributed by atoms with Gasteiger partial charge in [0.2, 0.25) is 5.91 Å². The number of carboxylic acid groups (broad SMARTS) is 1. The molecule has 1 aromatic carbocycles. The van der Waals surface area contributed by atoms with Gasteiger partial charge in [0.15, 0.2) is 0 Å². The summed E-state index contributed by atoms with van der Waals surface area (Å²) >= 11 is 0. The Kier molecular flexibility index (Phi) is 2.85. The number of rotatable bonds is 2. The number of amides is 1. The van der Waals surface area contributed by atoms with Crippen LogP contribution in [-0.2, 0) is 11.2 Å². The molecule has 0 fully saturated rings. The number of hydrogen-bond donors (Lipinski definition) is 1. The molecule has 4 nitrogen and oxygen atoms in total. The van der Waals surface area contributed by atoms with Crippen LogP contribution in [-0.4, -0.2) is 23.5 Å². The maximum atomic E-state index is 12.4. The molecule has 0 unspecified atom stereocenters. The normalized spacial score (nSPS) is 17.8. The molecule has 0 spiro atoms.